The summed E-state index contributed by atoms with van der Waals surface area (Å²) in [5, 5.41) is 9.82. The first-order valence-electron chi connectivity index (χ1n) is 5.82. The van der Waals surface area contributed by atoms with Crippen molar-refractivity contribution in [2.75, 3.05) is 0 Å². The van der Waals surface area contributed by atoms with Crippen LogP contribution in [-0.4, -0.2) is 5.11 Å². The highest BCUT2D eigenvalue weighted by Gasteiger charge is 2.04. The van der Waals surface area contributed by atoms with Crippen molar-refractivity contribution < 1.29 is 9.84 Å². The van der Waals surface area contributed by atoms with Gasteiger partial charge in [0.1, 0.15) is 18.1 Å². The zero-order valence-electron chi connectivity index (χ0n) is 10.4. The molecule has 2 aromatic rings. The highest BCUT2D eigenvalue weighted by Crippen LogP contribution is 2.28. The molecule has 0 aliphatic rings. The number of phenols is 1. The molecule has 0 aromatic heterocycles. The Hall–Kier alpha value is -2.22. The van der Waals surface area contributed by atoms with E-state index in [-0.39, 0.29) is 5.75 Å². The summed E-state index contributed by atoms with van der Waals surface area (Å²) >= 11 is 0. The Morgan fingerprint density at radius 2 is 1.89 bits per heavy atom. The van der Waals surface area contributed by atoms with Crippen LogP contribution in [0, 0.1) is 0 Å². The van der Waals surface area contributed by atoms with Gasteiger partial charge in [0.05, 0.1) is 0 Å². The van der Waals surface area contributed by atoms with Crippen molar-refractivity contribution in [1.29, 1.82) is 0 Å². The molecular weight excluding hydrogens is 224 g/mol. The molecule has 0 unspecified atom stereocenters. The molecule has 92 valence electrons. The monoisotopic (exact) mass is 240 g/mol. The summed E-state index contributed by atoms with van der Waals surface area (Å²) in [5.74, 6) is 0.856. The largest absolute Gasteiger partial charge is 0.507 e. The maximum absolute atomic E-state index is 9.82. The summed E-state index contributed by atoms with van der Waals surface area (Å²) in [4.78, 5) is 0. The molecule has 2 aromatic carbocycles. The van der Waals surface area contributed by atoms with Crippen molar-refractivity contribution in [3.05, 3.63) is 66.2 Å². The van der Waals surface area contributed by atoms with Gasteiger partial charge >= 0.3 is 0 Å². The SMILES string of the molecule is C=C(C)c1ccc(OCc2ccccc2)cc1O. The normalized spacial score (nSPS) is 10.1. The third-order valence-electron chi connectivity index (χ3n) is 2.68. The summed E-state index contributed by atoms with van der Waals surface area (Å²) in [6.45, 7) is 6.16. The minimum Gasteiger partial charge on any atom is -0.507 e. The van der Waals surface area contributed by atoms with Crippen LogP contribution in [0.1, 0.15) is 18.1 Å². The molecular formula is C16H16O2. The Morgan fingerprint density at radius 1 is 1.17 bits per heavy atom. The predicted molar refractivity (Wildman–Crippen MR) is 73.6 cm³/mol. The third kappa shape index (κ3) is 2.92. The lowest BCUT2D eigenvalue weighted by Gasteiger charge is -2.09. The van der Waals surface area contributed by atoms with Crippen LogP contribution in [0.4, 0.5) is 0 Å². The van der Waals surface area contributed by atoms with Gasteiger partial charge in [-0.25, -0.2) is 0 Å². The molecule has 0 bridgehead atoms. The van der Waals surface area contributed by atoms with Crippen molar-refractivity contribution in [3.8, 4) is 11.5 Å². The van der Waals surface area contributed by atoms with Crippen LogP contribution < -0.4 is 4.74 Å². The Labute approximate surface area is 107 Å². The number of allylic oxidation sites excluding steroid dienone is 1. The lowest BCUT2D eigenvalue weighted by Crippen LogP contribution is -1.95. The van der Waals surface area contributed by atoms with E-state index < -0.39 is 0 Å². The summed E-state index contributed by atoms with van der Waals surface area (Å²) in [5.41, 5.74) is 2.69. The standard InChI is InChI=1S/C16H16O2/c1-12(2)15-9-8-14(10-16(15)17)18-11-13-6-4-3-5-7-13/h3-10,17H,1,11H2,2H3. The van der Waals surface area contributed by atoms with Crippen LogP contribution in [0.25, 0.3) is 5.57 Å². The molecule has 18 heavy (non-hydrogen) atoms. The second-order valence-corrected chi connectivity index (χ2v) is 4.23. The van der Waals surface area contributed by atoms with E-state index in [4.69, 9.17) is 4.74 Å². The third-order valence-corrected chi connectivity index (χ3v) is 2.68. The smallest absolute Gasteiger partial charge is 0.126 e. The first-order chi connectivity index (χ1) is 8.66. The number of hydrogen-bond acceptors (Lipinski definition) is 2. The van der Waals surface area contributed by atoms with E-state index in [1.165, 1.54) is 0 Å². The maximum atomic E-state index is 9.82. The van der Waals surface area contributed by atoms with Gasteiger partial charge in [-0.05, 0) is 30.2 Å². The molecule has 2 rings (SSSR count). The number of benzene rings is 2. The van der Waals surface area contributed by atoms with Crippen LogP contribution in [0.2, 0.25) is 0 Å². The van der Waals surface area contributed by atoms with Gasteiger partial charge in [0.25, 0.3) is 0 Å². The molecule has 2 heteroatoms. The molecule has 0 atom stereocenters. The summed E-state index contributed by atoms with van der Waals surface area (Å²) < 4.78 is 5.62. The highest BCUT2D eigenvalue weighted by molar-refractivity contribution is 5.67. The molecule has 0 spiro atoms. The van der Waals surface area contributed by atoms with E-state index in [0.29, 0.717) is 12.4 Å². The van der Waals surface area contributed by atoms with E-state index in [1.54, 1.807) is 6.07 Å². The van der Waals surface area contributed by atoms with Gasteiger partial charge in [-0.2, -0.15) is 0 Å². The number of ether oxygens (including phenoxy) is 1. The molecule has 0 aliphatic carbocycles. The maximum Gasteiger partial charge on any atom is 0.126 e. The Morgan fingerprint density at radius 3 is 2.50 bits per heavy atom. The zero-order chi connectivity index (χ0) is 13.0. The van der Waals surface area contributed by atoms with Crippen molar-refractivity contribution in [2.24, 2.45) is 0 Å². The van der Waals surface area contributed by atoms with E-state index in [2.05, 4.69) is 6.58 Å². The highest BCUT2D eigenvalue weighted by atomic mass is 16.5. The molecule has 0 radical (unpaired) electrons. The van der Waals surface area contributed by atoms with Crippen molar-refractivity contribution in [2.45, 2.75) is 13.5 Å². The van der Waals surface area contributed by atoms with Crippen LogP contribution in [0.3, 0.4) is 0 Å². The molecule has 0 amide bonds. The fraction of sp³-hybridized carbons (Fsp3) is 0.125. The molecule has 0 heterocycles. The van der Waals surface area contributed by atoms with Crippen LogP contribution in [0.15, 0.2) is 55.1 Å². The Bertz CT molecular complexity index is 544. The average Bonchev–Trinajstić information content (AvgIpc) is 2.37. The Balaban J connectivity index is 2.07. The summed E-state index contributed by atoms with van der Waals surface area (Å²) in [6, 6.07) is 15.2. The minimum absolute atomic E-state index is 0.202. The predicted octanol–water partition coefficient (Wildman–Crippen LogP) is 4.00. The van der Waals surface area contributed by atoms with Crippen molar-refractivity contribution in [1.82, 2.24) is 0 Å². The van der Waals surface area contributed by atoms with Gasteiger partial charge < -0.3 is 9.84 Å². The zero-order valence-corrected chi connectivity index (χ0v) is 10.4. The number of phenolic OH excluding ortho intramolecular Hbond substituents is 1. The first kappa shape index (κ1) is 12.2. The van der Waals surface area contributed by atoms with E-state index in [1.807, 2.05) is 49.4 Å². The van der Waals surface area contributed by atoms with E-state index in [0.717, 1.165) is 16.7 Å². The first-order valence-corrected chi connectivity index (χ1v) is 5.82. The summed E-state index contributed by atoms with van der Waals surface area (Å²) in [6.07, 6.45) is 0. The number of aromatic hydroxyl groups is 1. The fourth-order valence-corrected chi connectivity index (χ4v) is 1.70. The van der Waals surface area contributed by atoms with Crippen molar-refractivity contribution in [3.63, 3.8) is 0 Å². The van der Waals surface area contributed by atoms with Gasteiger partial charge in [-0.15, -0.1) is 0 Å². The lowest BCUT2D eigenvalue weighted by molar-refractivity contribution is 0.304. The van der Waals surface area contributed by atoms with Crippen LogP contribution in [0.5, 0.6) is 11.5 Å². The quantitative estimate of drug-likeness (QED) is 0.875. The van der Waals surface area contributed by atoms with Gasteiger partial charge in [-0.3, -0.25) is 0 Å². The topological polar surface area (TPSA) is 29.5 Å². The molecule has 1 N–H and O–H groups in total. The summed E-state index contributed by atoms with van der Waals surface area (Å²) in [7, 11) is 0. The lowest BCUT2D eigenvalue weighted by atomic mass is 10.1. The number of hydrogen-bond donors (Lipinski definition) is 1. The van der Waals surface area contributed by atoms with Gasteiger partial charge in [0.15, 0.2) is 0 Å². The molecule has 0 saturated carbocycles. The van der Waals surface area contributed by atoms with Crippen LogP contribution >= 0.6 is 0 Å². The van der Waals surface area contributed by atoms with E-state index in [9.17, 15) is 5.11 Å². The molecule has 0 aliphatic heterocycles. The van der Waals surface area contributed by atoms with Gasteiger partial charge in [-0.1, -0.05) is 36.9 Å². The van der Waals surface area contributed by atoms with Crippen molar-refractivity contribution >= 4 is 5.57 Å². The van der Waals surface area contributed by atoms with Gasteiger partial charge in [0, 0.05) is 11.6 Å². The Kier molecular flexibility index (Phi) is 3.68. The number of rotatable bonds is 4. The second kappa shape index (κ2) is 5.41. The average molecular weight is 240 g/mol. The minimum atomic E-state index is 0.202. The van der Waals surface area contributed by atoms with Gasteiger partial charge in [0.2, 0.25) is 0 Å². The molecule has 2 nitrogen and oxygen atoms in total. The molecule has 0 fully saturated rings. The van der Waals surface area contributed by atoms with Crippen LogP contribution in [-0.2, 0) is 6.61 Å². The van der Waals surface area contributed by atoms with E-state index >= 15 is 0 Å². The fourth-order valence-electron chi connectivity index (χ4n) is 1.70. The molecule has 0 saturated heterocycles. The second-order valence-electron chi connectivity index (χ2n) is 4.23.